The molecular weight excluding hydrogens is 248 g/mol. The van der Waals surface area contributed by atoms with Crippen molar-refractivity contribution in [2.45, 2.75) is 32.6 Å². The van der Waals surface area contributed by atoms with Crippen LogP contribution in [0.25, 0.3) is 0 Å². The first-order chi connectivity index (χ1) is 9.79. The van der Waals surface area contributed by atoms with Gasteiger partial charge in [-0.1, -0.05) is 55.0 Å². The fourth-order valence-electron chi connectivity index (χ4n) is 2.03. The Kier molecular flexibility index (Phi) is 5.30. The van der Waals surface area contributed by atoms with Gasteiger partial charge in [0.15, 0.2) is 0 Å². The predicted molar refractivity (Wildman–Crippen MR) is 81.5 cm³/mol. The quantitative estimate of drug-likeness (QED) is 0.301. The van der Waals surface area contributed by atoms with E-state index in [9.17, 15) is 5.21 Å². The molecule has 0 aliphatic carbocycles. The van der Waals surface area contributed by atoms with Crippen molar-refractivity contribution in [1.82, 2.24) is 0 Å². The van der Waals surface area contributed by atoms with Crippen LogP contribution in [-0.4, -0.2) is 4.86 Å². The molecule has 0 saturated heterocycles. The van der Waals surface area contributed by atoms with Crippen LogP contribution < -0.4 is 0 Å². The number of hydrogen-bond acceptors (Lipinski definition) is 2. The Morgan fingerprint density at radius 2 is 1.65 bits per heavy atom. The van der Waals surface area contributed by atoms with Gasteiger partial charge in [-0.3, -0.25) is 0 Å². The number of nitrogens with zero attached hydrogens (tertiary/aromatic N) is 2. The van der Waals surface area contributed by atoms with Crippen molar-refractivity contribution in [2.24, 2.45) is 5.11 Å². The van der Waals surface area contributed by atoms with Crippen LogP contribution in [0.5, 0.6) is 0 Å². The minimum Gasteiger partial charge on any atom is -0.594 e. The van der Waals surface area contributed by atoms with Crippen molar-refractivity contribution < 1.29 is 4.86 Å². The summed E-state index contributed by atoms with van der Waals surface area (Å²) in [4.78, 5) is 0.659. The van der Waals surface area contributed by atoms with Gasteiger partial charge in [0, 0.05) is 17.2 Å². The zero-order chi connectivity index (χ0) is 14.2. The first-order valence-corrected chi connectivity index (χ1v) is 7.12. The molecule has 0 aliphatic rings. The number of benzene rings is 2. The van der Waals surface area contributed by atoms with Crippen molar-refractivity contribution in [3.8, 4) is 0 Å². The van der Waals surface area contributed by atoms with Crippen molar-refractivity contribution in [2.75, 3.05) is 0 Å². The lowest BCUT2D eigenvalue weighted by atomic mass is 10.1. The van der Waals surface area contributed by atoms with Crippen LogP contribution in [-0.2, 0) is 6.42 Å². The third-order valence-electron chi connectivity index (χ3n) is 3.19. The van der Waals surface area contributed by atoms with E-state index in [0.717, 1.165) is 6.42 Å². The molecule has 0 fully saturated rings. The summed E-state index contributed by atoms with van der Waals surface area (Å²) >= 11 is 0. The van der Waals surface area contributed by atoms with Crippen LogP contribution in [0.15, 0.2) is 59.7 Å². The van der Waals surface area contributed by atoms with Gasteiger partial charge in [0.05, 0.1) is 0 Å². The van der Waals surface area contributed by atoms with E-state index in [0.29, 0.717) is 16.2 Å². The molecule has 2 aromatic carbocycles. The molecule has 104 valence electrons. The average molecular weight is 268 g/mol. The normalized spacial score (nSPS) is 11.6. The van der Waals surface area contributed by atoms with E-state index in [1.165, 1.54) is 24.8 Å². The van der Waals surface area contributed by atoms with Crippen molar-refractivity contribution in [3.63, 3.8) is 0 Å². The minimum absolute atomic E-state index is 0.541. The Morgan fingerprint density at radius 3 is 2.30 bits per heavy atom. The monoisotopic (exact) mass is 268 g/mol. The molecule has 2 rings (SSSR count). The largest absolute Gasteiger partial charge is 0.594 e. The smallest absolute Gasteiger partial charge is 0.244 e. The maximum atomic E-state index is 11.9. The van der Waals surface area contributed by atoms with E-state index >= 15 is 0 Å². The zero-order valence-corrected chi connectivity index (χ0v) is 11.8. The van der Waals surface area contributed by atoms with Gasteiger partial charge in [-0.05, 0) is 30.5 Å². The van der Waals surface area contributed by atoms with E-state index in [-0.39, 0.29) is 0 Å². The predicted octanol–water partition coefficient (Wildman–Crippen LogP) is 5.35. The Bertz CT molecular complexity index is 547. The van der Waals surface area contributed by atoms with Gasteiger partial charge in [-0.15, -0.1) is 0 Å². The van der Waals surface area contributed by atoms with Gasteiger partial charge in [0.1, 0.15) is 5.69 Å². The summed E-state index contributed by atoms with van der Waals surface area (Å²) in [5.74, 6) is 0. The molecule has 0 heterocycles. The molecule has 0 aliphatic heterocycles. The average Bonchev–Trinajstić information content (AvgIpc) is 2.50. The highest BCUT2D eigenvalue weighted by atomic mass is 16.5. The van der Waals surface area contributed by atoms with Crippen LogP contribution in [0, 0.1) is 5.21 Å². The molecule has 0 unspecified atom stereocenters. The van der Waals surface area contributed by atoms with Gasteiger partial charge in [-0.2, -0.15) is 0 Å². The molecule has 2 aromatic rings. The van der Waals surface area contributed by atoms with Gasteiger partial charge in [0.25, 0.3) is 0 Å². The Morgan fingerprint density at radius 1 is 0.950 bits per heavy atom. The fourth-order valence-corrected chi connectivity index (χ4v) is 2.03. The number of azo groups is 1. The van der Waals surface area contributed by atoms with E-state index in [1.54, 1.807) is 12.1 Å². The topological polar surface area (TPSA) is 38.4 Å². The van der Waals surface area contributed by atoms with Gasteiger partial charge >= 0.3 is 0 Å². The minimum atomic E-state index is 0.541. The molecule has 0 bridgehead atoms. The fraction of sp³-hybridized carbons (Fsp3) is 0.294. The molecule has 0 saturated carbocycles. The zero-order valence-electron chi connectivity index (χ0n) is 11.8. The third kappa shape index (κ3) is 4.19. The Labute approximate surface area is 120 Å². The van der Waals surface area contributed by atoms with E-state index in [4.69, 9.17) is 0 Å². The second-order valence-electron chi connectivity index (χ2n) is 4.83. The van der Waals surface area contributed by atoms with Crippen LogP contribution in [0.4, 0.5) is 11.4 Å². The summed E-state index contributed by atoms with van der Waals surface area (Å²) in [5.41, 5.74) is 2.53. The van der Waals surface area contributed by atoms with E-state index < -0.39 is 0 Å². The first-order valence-electron chi connectivity index (χ1n) is 7.12. The SMILES string of the molecule is CCCCCc1ccc(N=[N+]([O-])c2ccccc2)cc1. The third-order valence-corrected chi connectivity index (χ3v) is 3.19. The Hall–Kier alpha value is -2.16. The highest BCUT2D eigenvalue weighted by Crippen LogP contribution is 2.18. The maximum Gasteiger partial charge on any atom is 0.244 e. The summed E-state index contributed by atoms with van der Waals surface area (Å²) < 4.78 is 0. The van der Waals surface area contributed by atoms with Crippen LogP contribution in [0.3, 0.4) is 0 Å². The van der Waals surface area contributed by atoms with E-state index in [2.05, 4.69) is 12.0 Å². The van der Waals surface area contributed by atoms with Gasteiger partial charge < -0.3 is 5.21 Å². The molecule has 0 radical (unpaired) electrons. The summed E-state index contributed by atoms with van der Waals surface area (Å²) in [6.45, 7) is 2.20. The van der Waals surface area contributed by atoms with Gasteiger partial charge in [-0.25, -0.2) is 0 Å². The molecule has 0 atom stereocenters. The standard InChI is InChI=1S/C17H20N2O/c1-2-3-5-8-15-11-13-16(14-12-15)18-19(20)17-9-6-4-7-10-17/h4,6-7,9-14H,2-3,5,8H2,1H3. The van der Waals surface area contributed by atoms with E-state index in [1.807, 2.05) is 42.5 Å². The summed E-state index contributed by atoms with van der Waals surface area (Å²) in [6.07, 6.45) is 4.79. The lowest BCUT2D eigenvalue weighted by molar-refractivity contribution is -0.435. The lowest BCUT2D eigenvalue weighted by Crippen LogP contribution is -1.90. The number of aryl methyl sites for hydroxylation is 1. The Balaban J connectivity index is 2.03. The highest BCUT2D eigenvalue weighted by molar-refractivity contribution is 5.38. The molecule has 0 N–H and O–H groups in total. The summed E-state index contributed by atoms with van der Waals surface area (Å²) in [7, 11) is 0. The number of rotatable bonds is 6. The number of unbranched alkanes of at least 4 members (excludes halogenated alkanes) is 2. The molecule has 20 heavy (non-hydrogen) atoms. The summed E-state index contributed by atoms with van der Waals surface area (Å²) in [5, 5.41) is 15.9. The number of hydrogen-bond donors (Lipinski definition) is 0. The molecule has 3 nitrogen and oxygen atoms in total. The molecule has 0 amide bonds. The second kappa shape index (κ2) is 7.43. The molecule has 0 aromatic heterocycles. The van der Waals surface area contributed by atoms with Crippen LogP contribution in [0.2, 0.25) is 0 Å². The summed E-state index contributed by atoms with van der Waals surface area (Å²) in [6, 6.07) is 16.9. The molecule has 0 spiro atoms. The molecule has 3 heteroatoms. The van der Waals surface area contributed by atoms with Crippen molar-refractivity contribution >= 4 is 11.4 Å². The van der Waals surface area contributed by atoms with Crippen LogP contribution >= 0.6 is 0 Å². The second-order valence-corrected chi connectivity index (χ2v) is 4.83. The van der Waals surface area contributed by atoms with Gasteiger partial charge in [0.2, 0.25) is 5.69 Å². The van der Waals surface area contributed by atoms with Crippen molar-refractivity contribution in [3.05, 3.63) is 65.4 Å². The first kappa shape index (κ1) is 14.3. The maximum absolute atomic E-state index is 11.9. The highest BCUT2D eigenvalue weighted by Gasteiger charge is 2.02. The van der Waals surface area contributed by atoms with Crippen molar-refractivity contribution in [1.29, 1.82) is 0 Å². The lowest BCUT2D eigenvalue weighted by Gasteiger charge is -2.01. The molecular formula is C17H20N2O. The number of para-hydroxylation sites is 1. The van der Waals surface area contributed by atoms with Crippen LogP contribution in [0.1, 0.15) is 31.7 Å².